The van der Waals surface area contributed by atoms with Crippen molar-refractivity contribution in [2.75, 3.05) is 33.9 Å². The van der Waals surface area contributed by atoms with E-state index in [1.54, 1.807) is 14.2 Å². The molecule has 1 saturated heterocycles. The van der Waals surface area contributed by atoms with Gasteiger partial charge in [-0.25, -0.2) is 4.79 Å². The predicted molar refractivity (Wildman–Crippen MR) is 147 cm³/mol. The molecule has 12 heteroatoms. The molecule has 0 radical (unpaired) electrons. The van der Waals surface area contributed by atoms with Gasteiger partial charge < -0.3 is 39.7 Å². The molecule has 0 unspecified atom stereocenters. The molecule has 0 aromatic heterocycles. The van der Waals surface area contributed by atoms with Crippen LogP contribution in [-0.4, -0.2) is 87.9 Å². The lowest BCUT2D eigenvalue weighted by Crippen LogP contribution is -2.42. The van der Waals surface area contributed by atoms with Crippen LogP contribution in [-0.2, 0) is 37.9 Å². The van der Waals surface area contributed by atoms with E-state index in [2.05, 4.69) is 17.0 Å². The number of aliphatic carboxylic acids is 3. The summed E-state index contributed by atoms with van der Waals surface area (Å²) in [5, 5.41) is 45.0. The van der Waals surface area contributed by atoms with E-state index in [-0.39, 0.29) is 0 Å². The van der Waals surface area contributed by atoms with Gasteiger partial charge in [0.25, 0.3) is 0 Å². The van der Waals surface area contributed by atoms with Gasteiger partial charge in [0.2, 0.25) is 0 Å². The maximum atomic E-state index is 11.2. The van der Waals surface area contributed by atoms with Crippen LogP contribution in [0.1, 0.15) is 49.3 Å². The van der Waals surface area contributed by atoms with E-state index in [0.717, 1.165) is 42.3 Å². The van der Waals surface area contributed by atoms with Crippen LogP contribution in [0.4, 0.5) is 0 Å². The third-order valence-corrected chi connectivity index (χ3v) is 6.79. The normalized spacial score (nSPS) is 14.9. The van der Waals surface area contributed by atoms with Crippen molar-refractivity contribution in [3.8, 4) is 11.5 Å². The van der Waals surface area contributed by atoms with Gasteiger partial charge in [0.15, 0.2) is 5.60 Å². The summed E-state index contributed by atoms with van der Waals surface area (Å²) in [4.78, 5) is 32.9. The number of carbonyl (C=O) groups is 3. The molecule has 2 aromatic rings. The number of hydrogen-bond donors (Lipinski definition) is 5. The summed E-state index contributed by atoms with van der Waals surface area (Å²) in [7, 11) is 3.34. The molecular formula is C29H39NO11. The summed E-state index contributed by atoms with van der Waals surface area (Å²) in [5.74, 6) is -3.40. The number of para-hydroxylation sites is 1. The van der Waals surface area contributed by atoms with Crippen molar-refractivity contribution in [3.63, 3.8) is 0 Å². The molecule has 1 fully saturated rings. The number of nitrogens with zero attached hydrogens (tertiary/aromatic N) is 1. The quantitative estimate of drug-likeness (QED) is 0.235. The van der Waals surface area contributed by atoms with Crippen LogP contribution in [0.3, 0.4) is 0 Å². The first-order valence-electron chi connectivity index (χ1n) is 13.1. The average molecular weight is 578 g/mol. The first-order chi connectivity index (χ1) is 19.4. The minimum atomic E-state index is -2.74. The largest absolute Gasteiger partial charge is 0.496 e. The Hall–Kier alpha value is -3.71. The molecule has 5 N–H and O–H groups in total. The summed E-state index contributed by atoms with van der Waals surface area (Å²) < 4.78 is 16.5. The highest BCUT2D eigenvalue weighted by Gasteiger charge is 2.41. The molecule has 1 aliphatic rings. The van der Waals surface area contributed by atoms with Gasteiger partial charge >= 0.3 is 17.9 Å². The lowest BCUT2D eigenvalue weighted by molar-refractivity contribution is -0.170. The second kappa shape index (κ2) is 15.3. The molecule has 0 saturated carbocycles. The van der Waals surface area contributed by atoms with Crippen LogP contribution in [0.15, 0.2) is 42.5 Å². The van der Waals surface area contributed by atoms with Gasteiger partial charge in [0.05, 0.1) is 39.3 Å². The van der Waals surface area contributed by atoms with Gasteiger partial charge in [0, 0.05) is 37.4 Å². The smallest absolute Gasteiger partial charge is 0.336 e. The first-order valence-corrected chi connectivity index (χ1v) is 13.1. The van der Waals surface area contributed by atoms with Crippen LogP contribution in [0.5, 0.6) is 11.5 Å². The Labute approximate surface area is 238 Å². The number of likely N-dealkylation sites (tertiary alicyclic amines) is 1. The molecule has 0 aliphatic carbocycles. The summed E-state index contributed by atoms with van der Waals surface area (Å²) >= 11 is 0. The molecule has 0 atom stereocenters. The minimum absolute atomic E-state index is 0.557. The topological polar surface area (TPSA) is 183 Å². The van der Waals surface area contributed by atoms with Gasteiger partial charge in [0.1, 0.15) is 11.5 Å². The fourth-order valence-electron chi connectivity index (χ4n) is 4.61. The zero-order valence-corrected chi connectivity index (χ0v) is 23.5. The fraction of sp³-hybridized carbons (Fsp3) is 0.483. The SMILES string of the molecule is CCOCc1cc(CN2CCC(O)(c3ccccc3OC)CC2)ccc1OC.O=C(O)CC(O)(CC(=O)O)C(=O)O. The second-order valence-corrected chi connectivity index (χ2v) is 9.77. The first kappa shape index (κ1) is 33.5. The molecule has 0 spiro atoms. The number of carboxylic acid groups (broad SMARTS) is 3. The highest BCUT2D eigenvalue weighted by molar-refractivity contribution is 5.88. The molecule has 41 heavy (non-hydrogen) atoms. The Kier molecular flexibility index (Phi) is 12.5. The van der Waals surface area contributed by atoms with Gasteiger partial charge in [-0.2, -0.15) is 0 Å². The zero-order valence-electron chi connectivity index (χ0n) is 23.5. The summed E-state index contributed by atoms with van der Waals surface area (Å²) in [5.41, 5.74) is -0.371. The number of hydrogen-bond acceptors (Lipinski definition) is 9. The maximum Gasteiger partial charge on any atom is 0.336 e. The maximum absolute atomic E-state index is 11.2. The third kappa shape index (κ3) is 9.71. The Morgan fingerprint density at radius 3 is 2.02 bits per heavy atom. The molecule has 0 amide bonds. The number of rotatable bonds is 13. The Bertz CT molecular complexity index is 1160. The Morgan fingerprint density at radius 2 is 1.51 bits per heavy atom. The molecule has 0 bridgehead atoms. The number of piperidine rings is 1. The molecule has 3 rings (SSSR count). The molecule has 12 nitrogen and oxygen atoms in total. The third-order valence-electron chi connectivity index (χ3n) is 6.79. The van der Waals surface area contributed by atoms with Crippen LogP contribution in [0.2, 0.25) is 0 Å². The van der Waals surface area contributed by atoms with E-state index in [4.69, 9.17) is 34.6 Å². The van der Waals surface area contributed by atoms with E-state index in [1.165, 1.54) is 5.56 Å². The van der Waals surface area contributed by atoms with Crippen molar-refractivity contribution in [2.45, 2.75) is 57.0 Å². The highest BCUT2D eigenvalue weighted by Crippen LogP contribution is 2.38. The van der Waals surface area contributed by atoms with Crippen molar-refractivity contribution in [2.24, 2.45) is 0 Å². The van der Waals surface area contributed by atoms with Gasteiger partial charge in [-0.1, -0.05) is 24.3 Å². The van der Waals surface area contributed by atoms with E-state index in [9.17, 15) is 19.5 Å². The highest BCUT2D eigenvalue weighted by atomic mass is 16.5. The van der Waals surface area contributed by atoms with Gasteiger partial charge in [-0.05, 0) is 43.5 Å². The number of carboxylic acids is 3. The van der Waals surface area contributed by atoms with Crippen LogP contribution in [0, 0.1) is 0 Å². The van der Waals surface area contributed by atoms with E-state index in [0.29, 0.717) is 26.1 Å². The van der Waals surface area contributed by atoms with E-state index < -0.39 is 42.0 Å². The number of methoxy groups -OCH3 is 2. The molecule has 1 aliphatic heterocycles. The monoisotopic (exact) mass is 577 g/mol. The minimum Gasteiger partial charge on any atom is -0.496 e. The Morgan fingerprint density at radius 1 is 0.927 bits per heavy atom. The van der Waals surface area contributed by atoms with Crippen LogP contribution < -0.4 is 9.47 Å². The zero-order chi connectivity index (χ0) is 30.6. The van der Waals surface area contributed by atoms with Crippen molar-refractivity contribution >= 4 is 17.9 Å². The lowest BCUT2D eigenvalue weighted by Gasteiger charge is -2.39. The lowest BCUT2D eigenvalue weighted by atomic mass is 9.83. The van der Waals surface area contributed by atoms with Crippen LogP contribution in [0.25, 0.3) is 0 Å². The van der Waals surface area contributed by atoms with E-state index in [1.807, 2.05) is 37.3 Å². The number of benzene rings is 2. The van der Waals surface area contributed by atoms with Crippen molar-refractivity contribution in [1.82, 2.24) is 4.90 Å². The second-order valence-electron chi connectivity index (χ2n) is 9.77. The van der Waals surface area contributed by atoms with Crippen molar-refractivity contribution in [3.05, 3.63) is 59.2 Å². The molecule has 226 valence electrons. The van der Waals surface area contributed by atoms with Gasteiger partial charge in [-0.15, -0.1) is 0 Å². The molecule has 2 aromatic carbocycles. The fourth-order valence-corrected chi connectivity index (χ4v) is 4.61. The van der Waals surface area contributed by atoms with Crippen molar-refractivity contribution in [1.29, 1.82) is 0 Å². The average Bonchev–Trinajstić information content (AvgIpc) is 2.92. The van der Waals surface area contributed by atoms with E-state index >= 15 is 0 Å². The summed E-state index contributed by atoms with van der Waals surface area (Å²) in [6, 6.07) is 14.1. The standard InChI is InChI=1S/C23H31NO4.C6H8O7/c1-4-28-17-19-15-18(9-10-21(19)26-2)16-24-13-11-23(25,12-14-24)20-7-5-6-8-22(20)27-3;7-3(8)1-6(13,5(11)12)2-4(9)10/h5-10,15,25H,4,11-14,16-17H2,1-3H3;13H,1-2H2,(H,7,8)(H,9,10)(H,11,12). The number of ether oxygens (including phenoxy) is 3. The number of aliphatic hydroxyl groups is 2. The molecule has 1 heterocycles. The summed E-state index contributed by atoms with van der Waals surface area (Å²) in [6.45, 7) is 5.75. The van der Waals surface area contributed by atoms with Crippen LogP contribution >= 0.6 is 0 Å². The molecular weight excluding hydrogens is 538 g/mol. The Balaban J connectivity index is 0.000000383. The predicted octanol–water partition coefficient (Wildman–Crippen LogP) is 2.48. The summed E-state index contributed by atoms with van der Waals surface area (Å²) in [6.07, 6.45) is -0.909. The van der Waals surface area contributed by atoms with Crippen molar-refractivity contribution < 1.29 is 54.1 Å². The van der Waals surface area contributed by atoms with Gasteiger partial charge in [-0.3, -0.25) is 14.5 Å².